The van der Waals surface area contributed by atoms with Crippen LogP contribution in [0.15, 0.2) is 12.2 Å². The minimum atomic E-state index is -0.270. The third-order valence-corrected chi connectivity index (χ3v) is 4.16. The summed E-state index contributed by atoms with van der Waals surface area (Å²) in [5.41, 5.74) is 0.745. The monoisotopic (exact) mass is 254 g/mol. The molecule has 18 heavy (non-hydrogen) atoms. The maximum Gasteiger partial charge on any atom is 0.333 e. The average molecular weight is 254 g/mol. The van der Waals surface area contributed by atoms with E-state index < -0.39 is 0 Å². The molecule has 0 unspecified atom stereocenters. The molecular formula is C16H30O2. The Morgan fingerprint density at radius 2 is 1.67 bits per heavy atom. The first-order chi connectivity index (χ1) is 8.27. The molecule has 0 saturated carbocycles. The van der Waals surface area contributed by atoms with E-state index in [-0.39, 0.29) is 11.4 Å². The molecule has 0 radical (unpaired) electrons. The molecule has 0 N–H and O–H groups in total. The first-order valence-corrected chi connectivity index (χ1v) is 7.10. The molecule has 0 rings (SSSR count). The van der Waals surface area contributed by atoms with Crippen LogP contribution in [0, 0.1) is 17.3 Å². The van der Waals surface area contributed by atoms with Gasteiger partial charge in [-0.05, 0) is 37.0 Å². The zero-order valence-electron chi connectivity index (χ0n) is 13.0. The zero-order chi connectivity index (χ0) is 14.3. The predicted octanol–water partition coefficient (Wildman–Crippen LogP) is 4.59. The lowest BCUT2D eigenvalue weighted by atomic mass is 9.64. The van der Waals surface area contributed by atoms with E-state index in [4.69, 9.17) is 4.74 Å². The molecule has 0 heterocycles. The third-order valence-electron chi connectivity index (χ3n) is 4.16. The number of esters is 1. The molecule has 0 aromatic heterocycles. The zero-order valence-corrected chi connectivity index (χ0v) is 13.0. The third kappa shape index (κ3) is 4.47. The van der Waals surface area contributed by atoms with Gasteiger partial charge in [-0.2, -0.15) is 0 Å². The topological polar surface area (TPSA) is 26.3 Å². The Morgan fingerprint density at radius 1 is 1.17 bits per heavy atom. The summed E-state index contributed by atoms with van der Waals surface area (Å²) in [6, 6.07) is 0. The Bertz CT molecular complexity index is 269. The maximum absolute atomic E-state index is 11.4. The van der Waals surface area contributed by atoms with E-state index in [2.05, 4.69) is 41.2 Å². The predicted molar refractivity (Wildman–Crippen MR) is 77.4 cm³/mol. The van der Waals surface area contributed by atoms with Crippen molar-refractivity contribution in [2.45, 2.75) is 60.8 Å². The molecule has 0 aromatic rings. The van der Waals surface area contributed by atoms with Crippen molar-refractivity contribution in [3.8, 4) is 0 Å². The fraction of sp³-hybridized carbons (Fsp3) is 0.812. The van der Waals surface area contributed by atoms with Crippen molar-refractivity contribution in [2.75, 3.05) is 6.61 Å². The Balaban J connectivity index is 4.60. The van der Waals surface area contributed by atoms with Crippen LogP contribution in [-0.4, -0.2) is 12.6 Å². The summed E-state index contributed by atoms with van der Waals surface area (Å²) in [5.74, 6) is 0.926. The van der Waals surface area contributed by atoms with E-state index in [1.165, 1.54) is 12.8 Å². The van der Waals surface area contributed by atoms with Crippen LogP contribution in [0.5, 0.6) is 0 Å². The highest BCUT2D eigenvalue weighted by Crippen LogP contribution is 2.43. The molecule has 0 aliphatic carbocycles. The van der Waals surface area contributed by atoms with Gasteiger partial charge in [-0.25, -0.2) is 4.79 Å². The molecule has 0 fully saturated rings. The van der Waals surface area contributed by atoms with Gasteiger partial charge >= 0.3 is 5.97 Å². The van der Waals surface area contributed by atoms with Gasteiger partial charge in [-0.15, -0.1) is 0 Å². The molecule has 2 heteroatoms. The summed E-state index contributed by atoms with van der Waals surface area (Å²) in [7, 11) is 0. The fourth-order valence-corrected chi connectivity index (χ4v) is 2.87. The van der Waals surface area contributed by atoms with Gasteiger partial charge in [0.05, 0.1) is 6.61 Å². The largest absolute Gasteiger partial charge is 0.462 e. The number of hydrogen-bond donors (Lipinski definition) is 0. The van der Waals surface area contributed by atoms with Gasteiger partial charge in [-0.1, -0.05) is 47.6 Å². The summed E-state index contributed by atoms with van der Waals surface area (Å²) in [4.78, 5) is 11.4. The lowest BCUT2D eigenvalue weighted by Crippen LogP contribution is -2.34. The molecular weight excluding hydrogens is 224 g/mol. The summed E-state index contributed by atoms with van der Waals surface area (Å²) < 4.78 is 5.27. The normalized spacial score (nSPS) is 12.0. The molecule has 2 nitrogen and oxygen atoms in total. The maximum atomic E-state index is 11.4. The summed E-state index contributed by atoms with van der Waals surface area (Å²) >= 11 is 0. The number of ether oxygens (including phenoxy) is 1. The van der Waals surface area contributed by atoms with Crippen molar-refractivity contribution in [3.05, 3.63) is 12.2 Å². The van der Waals surface area contributed by atoms with Crippen molar-refractivity contribution >= 4 is 5.97 Å². The Labute approximate surface area is 113 Å². The molecule has 0 saturated heterocycles. The molecule has 106 valence electrons. The lowest BCUT2D eigenvalue weighted by Gasteiger charge is -2.41. The average Bonchev–Trinajstić information content (AvgIpc) is 2.26. The van der Waals surface area contributed by atoms with Gasteiger partial charge in [0.2, 0.25) is 0 Å². The Hall–Kier alpha value is -0.790. The van der Waals surface area contributed by atoms with Crippen molar-refractivity contribution in [3.63, 3.8) is 0 Å². The standard InChI is InChI=1S/C16H30O2/c1-8-9-16(13(4)5,14(6)7)10-11-18-15(17)12(2)3/h13-14H,2,8-11H2,1,3-7H3. The summed E-state index contributed by atoms with van der Waals surface area (Å²) in [6.45, 7) is 17.1. The Kier molecular flexibility index (Phi) is 7.27. The van der Waals surface area contributed by atoms with Crippen LogP contribution in [0.4, 0.5) is 0 Å². The molecule has 0 aliphatic heterocycles. The van der Waals surface area contributed by atoms with Crippen LogP contribution in [0.25, 0.3) is 0 Å². The van der Waals surface area contributed by atoms with E-state index in [0.717, 1.165) is 6.42 Å². The molecule has 0 aromatic carbocycles. The molecule has 0 amide bonds. The van der Waals surface area contributed by atoms with Crippen LogP contribution in [0.3, 0.4) is 0 Å². The van der Waals surface area contributed by atoms with Crippen LogP contribution in [-0.2, 0) is 9.53 Å². The van der Waals surface area contributed by atoms with Gasteiger partial charge < -0.3 is 4.74 Å². The van der Waals surface area contributed by atoms with Gasteiger partial charge in [0.1, 0.15) is 0 Å². The number of hydrogen-bond acceptors (Lipinski definition) is 2. The SMILES string of the molecule is C=C(C)C(=O)OCCC(CCC)(C(C)C)C(C)C. The smallest absolute Gasteiger partial charge is 0.333 e. The second kappa shape index (κ2) is 7.60. The van der Waals surface area contributed by atoms with E-state index in [1.807, 2.05) is 0 Å². The number of carbonyl (C=O) groups is 1. The Morgan fingerprint density at radius 3 is 2.00 bits per heavy atom. The fourth-order valence-electron chi connectivity index (χ4n) is 2.87. The van der Waals surface area contributed by atoms with E-state index in [9.17, 15) is 4.79 Å². The molecule has 0 bridgehead atoms. The van der Waals surface area contributed by atoms with Gasteiger partial charge in [0.15, 0.2) is 0 Å². The second-order valence-corrected chi connectivity index (χ2v) is 5.96. The molecule has 0 aliphatic rings. The second-order valence-electron chi connectivity index (χ2n) is 5.96. The quantitative estimate of drug-likeness (QED) is 0.467. The first-order valence-electron chi connectivity index (χ1n) is 7.10. The van der Waals surface area contributed by atoms with Gasteiger partial charge in [-0.3, -0.25) is 0 Å². The van der Waals surface area contributed by atoms with E-state index in [1.54, 1.807) is 6.92 Å². The van der Waals surface area contributed by atoms with E-state index in [0.29, 0.717) is 24.0 Å². The van der Waals surface area contributed by atoms with Crippen molar-refractivity contribution in [1.82, 2.24) is 0 Å². The number of carbonyl (C=O) groups excluding carboxylic acids is 1. The van der Waals surface area contributed by atoms with Gasteiger partial charge in [0.25, 0.3) is 0 Å². The van der Waals surface area contributed by atoms with Crippen LogP contribution in [0.1, 0.15) is 60.8 Å². The van der Waals surface area contributed by atoms with Crippen molar-refractivity contribution in [1.29, 1.82) is 0 Å². The highest BCUT2D eigenvalue weighted by atomic mass is 16.5. The van der Waals surface area contributed by atoms with Crippen LogP contribution >= 0.6 is 0 Å². The van der Waals surface area contributed by atoms with Crippen LogP contribution in [0.2, 0.25) is 0 Å². The van der Waals surface area contributed by atoms with Gasteiger partial charge in [0, 0.05) is 5.57 Å². The first kappa shape index (κ1) is 17.2. The highest BCUT2D eigenvalue weighted by Gasteiger charge is 2.36. The van der Waals surface area contributed by atoms with Crippen LogP contribution < -0.4 is 0 Å². The molecule has 0 atom stereocenters. The van der Waals surface area contributed by atoms with Crippen molar-refractivity contribution in [2.24, 2.45) is 17.3 Å². The summed E-state index contributed by atoms with van der Waals surface area (Å²) in [5, 5.41) is 0. The van der Waals surface area contributed by atoms with Crippen molar-refractivity contribution < 1.29 is 9.53 Å². The highest BCUT2D eigenvalue weighted by molar-refractivity contribution is 5.86. The lowest BCUT2D eigenvalue weighted by molar-refractivity contribution is -0.140. The van der Waals surface area contributed by atoms with E-state index >= 15 is 0 Å². The summed E-state index contributed by atoms with van der Waals surface area (Å²) in [6.07, 6.45) is 3.30. The number of rotatable bonds is 8. The minimum Gasteiger partial charge on any atom is -0.462 e. The minimum absolute atomic E-state index is 0.268. The molecule has 0 spiro atoms.